The van der Waals surface area contributed by atoms with Crippen LogP contribution < -0.4 is 10.5 Å². The number of likely N-dealkylation sites (tertiary alicyclic amines) is 1. The van der Waals surface area contributed by atoms with E-state index in [-0.39, 0.29) is 52.8 Å². The zero-order valence-electron chi connectivity index (χ0n) is 15.1. The summed E-state index contributed by atoms with van der Waals surface area (Å²) in [7, 11) is -3.73. The molecule has 1 saturated heterocycles. The Kier molecular flexibility index (Phi) is 4.59. The summed E-state index contributed by atoms with van der Waals surface area (Å²) in [6, 6.07) is 6.08. The van der Waals surface area contributed by atoms with E-state index < -0.39 is 10.0 Å². The van der Waals surface area contributed by atoms with E-state index in [9.17, 15) is 22.8 Å². The number of hydrogen-bond acceptors (Lipinski definition) is 5. The third kappa shape index (κ3) is 3.24. The maximum absolute atomic E-state index is 12.6. The van der Waals surface area contributed by atoms with Gasteiger partial charge in [0.05, 0.1) is 16.7 Å². The first-order valence-corrected chi connectivity index (χ1v) is 10.7. The first kappa shape index (κ1) is 18.8. The summed E-state index contributed by atoms with van der Waals surface area (Å²) in [5.41, 5.74) is 0.832. The molecule has 148 valence electrons. The second-order valence-electron chi connectivity index (χ2n) is 7.55. The Hall–Kier alpha value is -2.52. The third-order valence-corrected chi connectivity index (χ3v) is 6.78. The number of carbonyl (C=O) groups is 3. The topological polar surface area (TPSA) is 127 Å². The van der Waals surface area contributed by atoms with Gasteiger partial charge in [-0.3, -0.25) is 19.3 Å². The highest BCUT2D eigenvalue weighted by molar-refractivity contribution is 7.89. The molecule has 8 nitrogen and oxygen atoms in total. The number of sulfonamides is 1. The van der Waals surface area contributed by atoms with E-state index >= 15 is 0 Å². The van der Waals surface area contributed by atoms with Crippen molar-refractivity contribution >= 4 is 27.7 Å². The number of nitrogens with zero attached hydrogens (tertiary/aromatic N) is 1. The zero-order valence-corrected chi connectivity index (χ0v) is 15.9. The third-order valence-electron chi connectivity index (χ3n) is 5.85. The Morgan fingerprint density at radius 1 is 1.07 bits per heavy atom. The largest absolute Gasteiger partial charge is 0.354 e. The molecule has 1 aliphatic heterocycles. The van der Waals surface area contributed by atoms with Gasteiger partial charge in [0.15, 0.2) is 0 Å². The van der Waals surface area contributed by atoms with Crippen molar-refractivity contribution in [2.24, 2.45) is 28.8 Å². The molecule has 28 heavy (non-hydrogen) atoms. The lowest BCUT2D eigenvalue weighted by Gasteiger charge is -2.16. The normalized spacial score (nSPS) is 28.1. The minimum absolute atomic E-state index is 0.0281. The molecule has 1 heterocycles. The number of imide groups is 1. The van der Waals surface area contributed by atoms with E-state index in [4.69, 9.17) is 5.14 Å². The fourth-order valence-corrected chi connectivity index (χ4v) is 5.03. The Morgan fingerprint density at radius 2 is 1.64 bits per heavy atom. The fourth-order valence-electron chi connectivity index (χ4n) is 4.51. The van der Waals surface area contributed by atoms with Gasteiger partial charge in [0.1, 0.15) is 6.54 Å². The Balaban J connectivity index is 1.29. The quantitative estimate of drug-likeness (QED) is 0.502. The molecule has 3 amide bonds. The van der Waals surface area contributed by atoms with Crippen molar-refractivity contribution in [3.63, 3.8) is 0 Å². The number of benzene rings is 1. The van der Waals surface area contributed by atoms with E-state index in [2.05, 4.69) is 5.32 Å². The van der Waals surface area contributed by atoms with Crippen LogP contribution in [0.5, 0.6) is 0 Å². The van der Waals surface area contributed by atoms with Crippen LogP contribution in [0.3, 0.4) is 0 Å². The zero-order chi connectivity index (χ0) is 20.1. The Labute approximate surface area is 162 Å². The summed E-state index contributed by atoms with van der Waals surface area (Å²) >= 11 is 0. The van der Waals surface area contributed by atoms with Gasteiger partial charge in [-0.15, -0.1) is 0 Å². The van der Waals surface area contributed by atoms with Crippen LogP contribution in [0.1, 0.15) is 12.0 Å². The van der Waals surface area contributed by atoms with E-state index in [1.54, 1.807) is 12.1 Å². The molecular formula is C19H21N3O5S. The predicted molar refractivity (Wildman–Crippen MR) is 99.0 cm³/mol. The molecule has 0 unspecified atom stereocenters. The number of amides is 3. The number of allylic oxidation sites excluding steroid dienone is 2. The summed E-state index contributed by atoms with van der Waals surface area (Å²) in [5, 5.41) is 7.76. The van der Waals surface area contributed by atoms with E-state index in [1.807, 2.05) is 12.2 Å². The highest BCUT2D eigenvalue weighted by Crippen LogP contribution is 2.52. The van der Waals surface area contributed by atoms with Gasteiger partial charge in [-0.1, -0.05) is 24.3 Å². The molecule has 4 atom stereocenters. The van der Waals surface area contributed by atoms with Gasteiger partial charge >= 0.3 is 0 Å². The highest BCUT2D eigenvalue weighted by atomic mass is 32.2. The molecule has 0 aromatic heterocycles. The predicted octanol–water partition coefficient (Wildman–Crippen LogP) is -0.200. The number of carbonyl (C=O) groups excluding carboxylic acids is 3. The molecule has 9 heteroatoms. The van der Waals surface area contributed by atoms with Crippen molar-refractivity contribution in [1.82, 2.24) is 10.2 Å². The van der Waals surface area contributed by atoms with Gasteiger partial charge in [0, 0.05) is 6.54 Å². The molecule has 0 spiro atoms. The van der Waals surface area contributed by atoms with Crippen molar-refractivity contribution in [1.29, 1.82) is 0 Å². The molecule has 0 radical (unpaired) electrons. The number of fused-ring (bicyclic) bond motifs is 5. The molecule has 3 aliphatic rings. The molecule has 2 fully saturated rings. The molecule has 3 N–H and O–H groups in total. The van der Waals surface area contributed by atoms with Crippen LogP contribution in [-0.2, 0) is 30.8 Å². The van der Waals surface area contributed by atoms with Gasteiger partial charge in [0.2, 0.25) is 27.7 Å². The monoisotopic (exact) mass is 403 g/mol. The molecule has 2 bridgehead atoms. The summed E-state index contributed by atoms with van der Waals surface area (Å²) in [5.74, 6) is -1.20. The average molecular weight is 403 g/mol. The van der Waals surface area contributed by atoms with Crippen molar-refractivity contribution in [3.8, 4) is 0 Å². The number of nitrogens with two attached hydrogens (primary N) is 1. The molecule has 4 rings (SSSR count). The molecule has 2 aliphatic carbocycles. The standard InChI is InChI=1S/C19H21N3O5S/c20-28(26,27)14-5-1-11(2-6-14)7-8-21-15(23)10-22-18(24)16-12-3-4-13(9-12)17(16)19(22)25/h1-6,12-13,16-17H,7-10H2,(H,21,23)(H2,20,26,27)/t12-,13-,16-,17-/m0/s1. The summed E-state index contributed by atoms with van der Waals surface area (Å²) < 4.78 is 22.5. The summed E-state index contributed by atoms with van der Waals surface area (Å²) in [6.07, 6.45) is 5.37. The van der Waals surface area contributed by atoms with Crippen LogP contribution >= 0.6 is 0 Å². The second kappa shape index (κ2) is 6.82. The van der Waals surface area contributed by atoms with Gasteiger partial charge in [-0.25, -0.2) is 13.6 Å². The summed E-state index contributed by atoms with van der Waals surface area (Å²) in [4.78, 5) is 38.4. The van der Waals surface area contributed by atoms with Gasteiger partial charge in [0.25, 0.3) is 0 Å². The van der Waals surface area contributed by atoms with Gasteiger partial charge < -0.3 is 5.32 Å². The summed E-state index contributed by atoms with van der Waals surface area (Å²) in [6.45, 7) is 0.0535. The van der Waals surface area contributed by atoms with Crippen LogP contribution in [-0.4, -0.2) is 44.1 Å². The number of primary sulfonamides is 1. The van der Waals surface area contributed by atoms with Crippen LogP contribution in [0.4, 0.5) is 0 Å². The van der Waals surface area contributed by atoms with E-state index in [1.165, 1.54) is 12.1 Å². The Bertz CT molecular complexity index is 940. The number of rotatable bonds is 6. The van der Waals surface area contributed by atoms with Crippen LogP contribution in [0.25, 0.3) is 0 Å². The smallest absolute Gasteiger partial charge is 0.240 e. The van der Waals surface area contributed by atoms with Crippen molar-refractivity contribution < 1.29 is 22.8 Å². The maximum Gasteiger partial charge on any atom is 0.240 e. The number of nitrogens with one attached hydrogen (secondary N) is 1. The van der Waals surface area contributed by atoms with Crippen molar-refractivity contribution in [3.05, 3.63) is 42.0 Å². The van der Waals surface area contributed by atoms with Crippen molar-refractivity contribution in [2.75, 3.05) is 13.1 Å². The van der Waals surface area contributed by atoms with Crippen LogP contribution in [0, 0.1) is 23.7 Å². The second-order valence-corrected chi connectivity index (χ2v) is 9.11. The molecule has 1 aromatic rings. The first-order valence-electron chi connectivity index (χ1n) is 9.17. The molecule has 1 aromatic carbocycles. The highest BCUT2D eigenvalue weighted by Gasteiger charge is 2.59. The molecular weight excluding hydrogens is 382 g/mol. The lowest BCUT2D eigenvalue weighted by atomic mass is 9.85. The van der Waals surface area contributed by atoms with E-state index in [0.29, 0.717) is 13.0 Å². The van der Waals surface area contributed by atoms with Gasteiger partial charge in [-0.2, -0.15) is 0 Å². The van der Waals surface area contributed by atoms with Gasteiger partial charge in [-0.05, 0) is 42.4 Å². The molecule has 1 saturated carbocycles. The Morgan fingerprint density at radius 3 is 2.18 bits per heavy atom. The minimum atomic E-state index is -3.73. The lowest BCUT2D eigenvalue weighted by Crippen LogP contribution is -2.42. The van der Waals surface area contributed by atoms with Crippen LogP contribution in [0.15, 0.2) is 41.3 Å². The van der Waals surface area contributed by atoms with E-state index in [0.717, 1.165) is 16.9 Å². The number of hydrogen-bond donors (Lipinski definition) is 2. The lowest BCUT2D eigenvalue weighted by molar-refractivity contribution is -0.144. The fraction of sp³-hybridized carbons (Fsp3) is 0.421. The SMILES string of the molecule is NS(=O)(=O)c1ccc(CCNC(=O)CN2C(=O)[C@@H]3[C@@H](C2=O)[C@H]2C=C[C@H]3C2)cc1. The van der Waals surface area contributed by atoms with Crippen LogP contribution in [0.2, 0.25) is 0 Å². The first-order chi connectivity index (χ1) is 13.3. The van der Waals surface area contributed by atoms with Crippen molar-refractivity contribution in [2.45, 2.75) is 17.7 Å². The maximum atomic E-state index is 12.6. The minimum Gasteiger partial charge on any atom is -0.354 e. The average Bonchev–Trinajstić information content (AvgIpc) is 3.31.